The molecule has 4 aliphatic rings. The molecule has 2 aliphatic heterocycles. The van der Waals surface area contributed by atoms with Crippen LogP contribution >= 0.6 is 0 Å². The van der Waals surface area contributed by atoms with E-state index in [-0.39, 0.29) is 98.5 Å². The van der Waals surface area contributed by atoms with Crippen LogP contribution in [0.4, 0.5) is 24.5 Å². The lowest BCUT2D eigenvalue weighted by Gasteiger charge is -2.30. The highest BCUT2D eigenvalue weighted by atomic mass is 19.4. The molecule has 3 heterocycles. The van der Waals surface area contributed by atoms with Gasteiger partial charge < -0.3 is 35.9 Å². The highest BCUT2D eigenvalue weighted by molar-refractivity contribution is 6.25. The second-order valence-electron chi connectivity index (χ2n) is 17.3. The van der Waals surface area contributed by atoms with Crippen LogP contribution in [0.3, 0.4) is 0 Å². The van der Waals surface area contributed by atoms with Crippen LogP contribution in [0.5, 0.6) is 0 Å². The fourth-order valence-electron chi connectivity index (χ4n) is 8.66. The Kier molecular flexibility index (Phi) is 13.9. The second-order valence-corrected chi connectivity index (χ2v) is 17.3. The first-order chi connectivity index (χ1) is 31.3. The summed E-state index contributed by atoms with van der Waals surface area (Å²) in [6.07, 6.45) is -3.27. The summed E-state index contributed by atoms with van der Waals surface area (Å²) in [4.78, 5) is 101. The number of amides is 6. The minimum atomic E-state index is -4.86. The molecule has 2 fully saturated rings. The molecular formula is C44H49F3N8O11. The lowest BCUT2D eigenvalue weighted by Crippen LogP contribution is -2.54. The number of ketones is 1. The van der Waals surface area contributed by atoms with Crippen molar-refractivity contribution in [3.05, 3.63) is 70.0 Å². The first-order valence-corrected chi connectivity index (χ1v) is 21.4. The maximum Gasteiger partial charge on any atom is 0.435 e. The van der Waals surface area contributed by atoms with Crippen LogP contribution in [-0.4, -0.2) is 120 Å². The third-order valence-electron chi connectivity index (χ3n) is 11.7. The summed E-state index contributed by atoms with van der Waals surface area (Å²) in [6, 6.07) is 7.73. The molecule has 2 aliphatic carbocycles. The number of nitrogens with one attached hydrogen (secondary N) is 4. The molecule has 2 aromatic carbocycles. The predicted molar refractivity (Wildman–Crippen MR) is 226 cm³/mol. The Morgan fingerprint density at radius 1 is 0.909 bits per heavy atom. The Morgan fingerprint density at radius 2 is 1.65 bits per heavy atom. The number of carbonyl (C=O) groups is 8. The number of hydrogen-bond donors (Lipinski definition) is 5. The molecule has 1 saturated heterocycles. The number of carbonyl (C=O) groups excluding carboxylic acids is 8. The zero-order valence-corrected chi connectivity index (χ0v) is 36.1. The number of anilines is 2. The molecule has 6 amide bonds. The van der Waals surface area contributed by atoms with Crippen molar-refractivity contribution in [3.8, 4) is 5.69 Å². The molecule has 1 unspecified atom stereocenters. The van der Waals surface area contributed by atoms with Crippen LogP contribution in [-0.2, 0) is 46.0 Å². The first-order valence-electron chi connectivity index (χ1n) is 21.4. The van der Waals surface area contributed by atoms with E-state index in [1.807, 2.05) is 0 Å². The number of piperidine rings is 1. The molecule has 352 valence electrons. The smallest absolute Gasteiger partial charge is 0.435 e. The maximum atomic E-state index is 14.1. The molecule has 0 bridgehead atoms. The van der Waals surface area contributed by atoms with Crippen LogP contribution in [0.25, 0.3) is 5.69 Å². The summed E-state index contributed by atoms with van der Waals surface area (Å²) in [7, 11) is 0. The van der Waals surface area contributed by atoms with Crippen molar-refractivity contribution in [2.75, 3.05) is 50.2 Å². The molecule has 7 rings (SSSR count). The summed E-state index contributed by atoms with van der Waals surface area (Å²) >= 11 is 0. The highest BCUT2D eigenvalue weighted by Crippen LogP contribution is 2.42. The first kappa shape index (κ1) is 47.3. The number of nitrogens with two attached hydrogens (primary N) is 1. The summed E-state index contributed by atoms with van der Waals surface area (Å²) in [5, 5.41) is 14.8. The zero-order chi connectivity index (χ0) is 47.5. The Bertz CT molecular complexity index is 2460. The molecule has 3 aromatic rings. The number of esters is 1. The number of primary amides is 1. The molecule has 66 heavy (non-hydrogen) atoms. The van der Waals surface area contributed by atoms with Crippen LogP contribution in [0.15, 0.2) is 36.4 Å². The van der Waals surface area contributed by atoms with Gasteiger partial charge in [-0.3, -0.25) is 48.6 Å². The van der Waals surface area contributed by atoms with Gasteiger partial charge in [-0.25, -0.2) is 4.68 Å². The van der Waals surface area contributed by atoms with Gasteiger partial charge in [0.2, 0.25) is 17.7 Å². The number of benzene rings is 2. The minimum absolute atomic E-state index is 0.0113. The molecule has 1 atom stereocenters. The van der Waals surface area contributed by atoms with Crippen molar-refractivity contribution in [3.63, 3.8) is 0 Å². The van der Waals surface area contributed by atoms with Crippen molar-refractivity contribution in [1.29, 1.82) is 0 Å². The zero-order valence-electron chi connectivity index (χ0n) is 36.1. The van der Waals surface area contributed by atoms with Crippen molar-refractivity contribution < 1.29 is 65.7 Å². The normalized spacial score (nSPS) is 20.3. The Morgan fingerprint density at radius 3 is 2.36 bits per heavy atom. The van der Waals surface area contributed by atoms with Gasteiger partial charge in [0.05, 0.1) is 53.5 Å². The summed E-state index contributed by atoms with van der Waals surface area (Å²) in [5.74, 6) is -5.02. The number of fused-ring (bicyclic) bond motifs is 2. The van der Waals surface area contributed by atoms with E-state index in [9.17, 15) is 51.5 Å². The average molecular weight is 923 g/mol. The number of Topliss-reactive ketones (excluding diaryl/α,β-unsaturated/α-hetero) is 1. The monoisotopic (exact) mass is 922 g/mol. The molecule has 19 nitrogen and oxygen atoms in total. The molecule has 6 N–H and O–H groups in total. The second kappa shape index (κ2) is 19.4. The highest BCUT2D eigenvalue weighted by Gasteiger charge is 2.47. The van der Waals surface area contributed by atoms with Gasteiger partial charge in [-0.15, -0.1) is 0 Å². The Hall–Kier alpha value is -6.68. The van der Waals surface area contributed by atoms with Crippen molar-refractivity contribution in [2.45, 2.75) is 89.6 Å². The minimum Gasteiger partial charge on any atom is -0.461 e. The molecular weight excluding hydrogens is 874 g/mol. The Balaban J connectivity index is 0.799. The van der Waals surface area contributed by atoms with Crippen LogP contribution < -0.4 is 27.0 Å². The number of rotatable bonds is 17. The van der Waals surface area contributed by atoms with Crippen LogP contribution in [0, 0.1) is 5.41 Å². The molecule has 0 radical (unpaired) electrons. The molecule has 1 aromatic heterocycles. The number of ether oxygens (including phenoxy) is 3. The number of halogens is 3. The van der Waals surface area contributed by atoms with Gasteiger partial charge in [-0.1, -0.05) is 19.9 Å². The summed E-state index contributed by atoms with van der Waals surface area (Å²) < 4.78 is 59.7. The van der Waals surface area contributed by atoms with E-state index in [4.69, 9.17) is 19.9 Å². The number of hydrogen-bond acceptors (Lipinski definition) is 14. The number of alkyl halides is 3. The molecule has 0 spiro atoms. The van der Waals surface area contributed by atoms with Gasteiger partial charge in [0.15, 0.2) is 11.5 Å². The third-order valence-corrected chi connectivity index (χ3v) is 11.7. The fourth-order valence-corrected chi connectivity index (χ4v) is 8.66. The van der Waals surface area contributed by atoms with Gasteiger partial charge >= 0.3 is 12.1 Å². The van der Waals surface area contributed by atoms with Gasteiger partial charge in [-0.2, -0.15) is 18.3 Å². The maximum absolute atomic E-state index is 14.1. The average Bonchev–Trinajstić information content (AvgIpc) is 3.76. The fraction of sp³-hybridized carbons (Fsp3) is 0.477. The van der Waals surface area contributed by atoms with E-state index in [1.54, 1.807) is 26.0 Å². The standard InChI is InChI=1S/C44H49F3N8O11/c1-43(2)19-31-37(32(56)20-43)38(44(45,46)47)53-55(31)24-8-11-26(39(48)60)29(18-24)51-23-6-9-25(10-7-23)66-35(59)21-50-34(58)22-65-17-16-64-15-14-49-28-5-3-4-27-36(28)42(63)54(41(27)62)30-12-13-33(57)52-40(30)61/h3-5,8,11,18,23,25,30,49,51H,6-7,9-10,12-17,19-22H2,1-2H3,(H2,48,60)(H,50,58)(H,52,57,61). The van der Waals surface area contributed by atoms with Gasteiger partial charge in [0.25, 0.3) is 17.7 Å². The summed E-state index contributed by atoms with van der Waals surface area (Å²) in [6.45, 7) is 3.45. The molecule has 22 heteroatoms. The van der Waals surface area contributed by atoms with Crippen LogP contribution in [0.1, 0.15) is 112 Å². The number of imide groups is 2. The lowest BCUT2D eigenvalue weighted by atomic mass is 9.75. The van der Waals surface area contributed by atoms with E-state index in [0.29, 0.717) is 31.4 Å². The van der Waals surface area contributed by atoms with Crippen molar-refractivity contribution >= 4 is 58.6 Å². The summed E-state index contributed by atoms with van der Waals surface area (Å²) in [5.41, 5.74) is 4.74. The molecule has 1 saturated carbocycles. The Labute approximate surface area is 375 Å². The lowest BCUT2D eigenvalue weighted by molar-refractivity contribution is -0.150. The van der Waals surface area contributed by atoms with Crippen LogP contribution in [0.2, 0.25) is 0 Å². The van der Waals surface area contributed by atoms with Crippen molar-refractivity contribution in [1.82, 2.24) is 25.3 Å². The largest absolute Gasteiger partial charge is 0.461 e. The van der Waals surface area contributed by atoms with Crippen molar-refractivity contribution in [2.24, 2.45) is 11.1 Å². The number of aromatic nitrogens is 2. The predicted octanol–water partition coefficient (Wildman–Crippen LogP) is 3.07. The topological polar surface area (TPSA) is 259 Å². The van der Waals surface area contributed by atoms with E-state index >= 15 is 0 Å². The van der Waals surface area contributed by atoms with Gasteiger partial charge in [0, 0.05) is 36.8 Å². The van der Waals surface area contributed by atoms with E-state index in [1.165, 1.54) is 24.3 Å². The number of nitrogens with zero attached hydrogens (tertiary/aromatic N) is 3. The quantitative estimate of drug-likeness (QED) is 0.0741. The van der Waals surface area contributed by atoms with Gasteiger partial charge in [-0.05, 0) is 74.3 Å². The van der Waals surface area contributed by atoms with Gasteiger partial charge in [0.1, 0.15) is 25.3 Å². The third kappa shape index (κ3) is 10.5. The van der Waals surface area contributed by atoms with E-state index in [0.717, 1.165) is 9.58 Å². The van der Waals surface area contributed by atoms with E-state index in [2.05, 4.69) is 26.4 Å². The van der Waals surface area contributed by atoms with E-state index < -0.39 is 88.7 Å². The SMILES string of the molecule is CC1(C)CC(=O)c2c(C(F)(F)F)nn(-c3ccc(C(N)=O)c(NC4CCC(OC(=O)CNC(=O)COCCOCCNc5cccc6c5C(=O)N(C5CCC(=O)NC5=O)C6=O)CC4)c3)c2C1.